The molecule has 1 saturated carbocycles. The highest BCUT2D eigenvalue weighted by atomic mass is 16.5. The number of hydrogen-bond donors (Lipinski definition) is 0. The van der Waals surface area contributed by atoms with Crippen LogP contribution in [0.5, 0.6) is 5.75 Å². The zero-order valence-corrected chi connectivity index (χ0v) is 15.2. The molecule has 0 spiro atoms. The molecule has 0 radical (unpaired) electrons. The summed E-state index contributed by atoms with van der Waals surface area (Å²) in [7, 11) is 1.77. The van der Waals surface area contributed by atoms with Crippen molar-refractivity contribution in [2.75, 3.05) is 7.11 Å². The molecule has 124 valence electrons. The predicted molar refractivity (Wildman–Crippen MR) is 93.8 cm³/mol. The topological polar surface area (TPSA) is 33.0 Å². The van der Waals surface area contributed by atoms with Crippen molar-refractivity contribution in [3.05, 3.63) is 28.8 Å². The molecule has 0 aromatic heterocycles. The van der Waals surface area contributed by atoms with Crippen LogP contribution in [0.2, 0.25) is 0 Å². The van der Waals surface area contributed by atoms with Crippen LogP contribution < -0.4 is 4.74 Å². The second-order valence-corrected chi connectivity index (χ2v) is 8.30. The zero-order valence-electron chi connectivity index (χ0n) is 15.2. The highest BCUT2D eigenvalue weighted by Crippen LogP contribution is 2.57. The Balaban J connectivity index is 2.15. The van der Waals surface area contributed by atoms with Crippen LogP contribution in [-0.2, 0) is 11.8 Å². The van der Waals surface area contributed by atoms with Gasteiger partial charge in [0.25, 0.3) is 0 Å². The lowest BCUT2D eigenvalue weighted by atomic mass is 9.50. The lowest BCUT2D eigenvalue weighted by molar-refractivity contribution is 0.0686. The molecule has 2 aliphatic rings. The molecule has 1 fully saturated rings. The Hall–Kier alpha value is -1.49. The predicted octanol–water partition coefficient (Wildman–Crippen LogP) is 5.35. The van der Waals surface area contributed by atoms with Gasteiger partial charge < -0.3 is 4.74 Å². The van der Waals surface area contributed by atoms with E-state index in [0.29, 0.717) is 11.8 Å². The summed E-state index contributed by atoms with van der Waals surface area (Å²) in [6.45, 7) is 9.02. The molecule has 0 N–H and O–H groups in total. The third-order valence-electron chi connectivity index (χ3n) is 6.58. The van der Waals surface area contributed by atoms with Crippen molar-refractivity contribution in [3.8, 4) is 11.8 Å². The molecule has 23 heavy (non-hydrogen) atoms. The van der Waals surface area contributed by atoms with Crippen LogP contribution in [0, 0.1) is 22.7 Å². The van der Waals surface area contributed by atoms with E-state index in [2.05, 4.69) is 45.9 Å². The summed E-state index contributed by atoms with van der Waals surface area (Å²) in [5, 5.41) is 9.79. The Morgan fingerprint density at radius 2 is 2.00 bits per heavy atom. The molecule has 0 saturated heterocycles. The number of nitrogens with zero attached hydrogens (tertiary/aromatic N) is 1. The molecule has 3 rings (SSSR count). The highest BCUT2D eigenvalue weighted by Gasteiger charge is 2.52. The minimum atomic E-state index is -0.186. The molecular weight excluding hydrogens is 282 g/mol. The molecule has 2 heteroatoms. The van der Waals surface area contributed by atoms with Crippen molar-refractivity contribution in [1.82, 2.24) is 0 Å². The van der Waals surface area contributed by atoms with Crippen LogP contribution in [0.3, 0.4) is 0 Å². The van der Waals surface area contributed by atoms with Gasteiger partial charge in [0.1, 0.15) is 5.75 Å². The Morgan fingerprint density at radius 1 is 1.26 bits per heavy atom. The summed E-state index contributed by atoms with van der Waals surface area (Å²) in [5.74, 6) is 1.94. The van der Waals surface area contributed by atoms with E-state index in [1.165, 1.54) is 23.1 Å². The summed E-state index contributed by atoms with van der Waals surface area (Å²) < 4.78 is 5.71. The first-order valence-corrected chi connectivity index (χ1v) is 8.98. The monoisotopic (exact) mass is 311 g/mol. The minimum absolute atomic E-state index is 0.110. The normalized spacial score (nSPS) is 32.8. The summed E-state index contributed by atoms with van der Waals surface area (Å²) >= 11 is 0. The molecule has 0 aliphatic heterocycles. The molecule has 1 aromatic carbocycles. The van der Waals surface area contributed by atoms with Gasteiger partial charge in [-0.25, -0.2) is 0 Å². The molecule has 0 bridgehead atoms. The van der Waals surface area contributed by atoms with Gasteiger partial charge in [-0.05, 0) is 72.6 Å². The third-order valence-corrected chi connectivity index (χ3v) is 6.58. The van der Waals surface area contributed by atoms with Crippen molar-refractivity contribution in [1.29, 1.82) is 5.26 Å². The van der Waals surface area contributed by atoms with Gasteiger partial charge in [-0.15, -0.1) is 0 Å². The van der Waals surface area contributed by atoms with E-state index in [0.717, 1.165) is 31.4 Å². The van der Waals surface area contributed by atoms with Gasteiger partial charge in [-0.3, -0.25) is 0 Å². The summed E-state index contributed by atoms with van der Waals surface area (Å²) in [6.07, 6.45) is 5.60. The number of ether oxygens (including phenoxy) is 1. The number of methoxy groups -OCH3 is 1. The molecule has 2 nitrogen and oxygen atoms in total. The second kappa shape index (κ2) is 5.55. The largest absolute Gasteiger partial charge is 0.496 e. The SMILES string of the molecule is COc1cc2c(cc1C(C)C)CC[C@H]1[C@@](C)(C#N)CCC[C@@]21C. The van der Waals surface area contributed by atoms with Crippen LogP contribution in [0.15, 0.2) is 12.1 Å². The number of nitriles is 1. The zero-order chi connectivity index (χ0) is 16.8. The fourth-order valence-corrected chi connectivity index (χ4v) is 5.28. The van der Waals surface area contributed by atoms with Crippen LogP contribution >= 0.6 is 0 Å². The summed E-state index contributed by atoms with van der Waals surface area (Å²) in [5.41, 5.74) is 4.16. The average molecular weight is 311 g/mol. The molecule has 2 aliphatic carbocycles. The van der Waals surface area contributed by atoms with Crippen LogP contribution in [0.25, 0.3) is 0 Å². The first kappa shape index (κ1) is 16.4. The van der Waals surface area contributed by atoms with E-state index >= 15 is 0 Å². The Labute approximate surface area is 140 Å². The van der Waals surface area contributed by atoms with Gasteiger partial charge in [0.2, 0.25) is 0 Å². The van der Waals surface area contributed by atoms with Gasteiger partial charge in [-0.2, -0.15) is 5.26 Å². The van der Waals surface area contributed by atoms with Crippen LogP contribution in [0.4, 0.5) is 0 Å². The second-order valence-electron chi connectivity index (χ2n) is 8.30. The van der Waals surface area contributed by atoms with Crippen molar-refractivity contribution in [3.63, 3.8) is 0 Å². The number of benzene rings is 1. The van der Waals surface area contributed by atoms with Gasteiger partial charge in [-0.1, -0.05) is 33.3 Å². The lowest BCUT2D eigenvalue weighted by Crippen LogP contribution is -2.48. The fraction of sp³-hybridized carbons (Fsp3) is 0.667. The smallest absolute Gasteiger partial charge is 0.122 e. The van der Waals surface area contributed by atoms with Crippen molar-refractivity contribution >= 4 is 0 Å². The highest BCUT2D eigenvalue weighted by molar-refractivity contribution is 5.49. The van der Waals surface area contributed by atoms with Gasteiger partial charge in [0, 0.05) is 0 Å². The third kappa shape index (κ3) is 2.36. The number of aryl methyl sites for hydroxylation is 1. The molecule has 3 atom stereocenters. The van der Waals surface area contributed by atoms with Crippen LogP contribution in [0.1, 0.15) is 76.0 Å². The quantitative estimate of drug-likeness (QED) is 0.737. The van der Waals surface area contributed by atoms with E-state index in [1.54, 1.807) is 7.11 Å². The molecule has 0 amide bonds. The van der Waals surface area contributed by atoms with E-state index < -0.39 is 0 Å². The van der Waals surface area contributed by atoms with E-state index in [-0.39, 0.29) is 10.8 Å². The van der Waals surface area contributed by atoms with Gasteiger partial charge >= 0.3 is 0 Å². The summed E-state index contributed by atoms with van der Waals surface area (Å²) in [6, 6.07) is 7.33. The van der Waals surface area contributed by atoms with Gasteiger partial charge in [0.05, 0.1) is 18.6 Å². The molecule has 1 aromatic rings. The van der Waals surface area contributed by atoms with E-state index in [4.69, 9.17) is 4.74 Å². The van der Waals surface area contributed by atoms with Crippen molar-refractivity contribution < 1.29 is 4.74 Å². The molecule has 0 unspecified atom stereocenters. The van der Waals surface area contributed by atoms with Crippen molar-refractivity contribution in [2.24, 2.45) is 11.3 Å². The average Bonchev–Trinajstić information content (AvgIpc) is 2.53. The molecular formula is C21H29NO. The minimum Gasteiger partial charge on any atom is -0.496 e. The van der Waals surface area contributed by atoms with E-state index in [9.17, 15) is 5.26 Å². The standard InChI is InChI=1S/C21H29NO/c1-14(2)16-11-15-7-8-19-20(3,13-22)9-6-10-21(19,4)17(15)12-18(16)23-5/h11-12,14,19H,6-10H2,1-5H3/t19-,20+,21-/m0/s1. The maximum atomic E-state index is 9.79. The Bertz CT molecular complexity index is 657. The number of fused-ring (bicyclic) bond motifs is 3. The molecule has 0 heterocycles. The number of hydrogen-bond acceptors (Lipinski definition) is 2. The van der Waals surface area contributed by atoms with Gasteiger partial charge in [0.15, 0.2) is 0 Å². The number of rotatable bonds is 2. The van der Waals surface area contributed by atoms with Crippen LogP contribution in [-0.4, -0.2) is 7.11 Å². The first-order valence-electron chi connectivity index (χ1n) is 8.98. The first-order chi connectivity index (χ1) is 10.9. The van der Waals surface area contributed by atoms with E-state index in [1.807, 2.05) is 0 Å². The summed E-state index contributed by atoms with van der Waals surface area (Å²) in [4.78, 5) is 0. The lowest BCUT2D eigenvalue weighted by Gasteiger charge is -2.53. The Morgan fingerprint density at radius 3 is 2.61 bits per heavy atom. The maximum absolute atomic E-state index is 9.79. The Kier molecular flexibility index (Phi) is 3.95. The maximum Gasteiger partial charge on any atom is 0.122 e. The fourth-order valence-electron chi connectivity index (χ4n) is 5.28. The van der Waals surface area contributed by atoms with Crippen molar-refractivity contribution in [2.45, 2.75) is 71.1 Å².